The SMILES string of the molecule is CCCn1ccn(N=Cc2ccccc2)c1=NC. The average molecular weight is 242 g/mol. The Morgan fingerprint density at radius 2 is 1.94 bits per heavy atom. The predicted octanol–water partition coefficient (Wildman–Crippen LogP) is 2.11. The molecule has 0 atom stereocenters. The summed E-state index contributed by atoms with van der Waals surface area (Å²) in [5.41, 5.74) is 1.94. The maximum atomic E-state index is 4.43. The highest BCUT2D eigenvalue weighted by molar-refractivity contribution is 5.79. The Labute approximate surface area is 107 Å². The molecule has 1 aromatic carbocycles. The molecule has 0 spiro atoms. The van der Waals surface area contributed by atoms with Gasteiger partial charge in [-0.05, 0) is 12.0 Å². The minimum absolute atomic E-state index is 0.865. The first-order valence-electron chi connectivity index (χ1n) is 6.15. The third-order valence-electron chi connectivity index (χ3n) is 2.64. The average Bonchev–Trinajstić information content (AvgIpc) is 2.80. The monoisotopic (exact) mass is 242 g/mol. The van der Waals surface area contributed by atoms with E-state index in [9.17, 15) is 0 Å². The number of rotatable bonds is 4. The van der Waals surface area contributed by atoms with E-state index in [4.69, 9.17) is 0 Å². The smallest absolute Gasteiger partial charge is 0.225 e. The lowest BCUT2D eigenvalue weighted by Gasteiger charge is -1.99. The van der Waals surface area contributed by atoms with E-state index in [2.05, 4.69) is 21.6 Å². The second kappa shape index (κ2) is 6.00. The minimum Gasteiger partial charge on any atom is -0.316 e. The lowest BCUT2D eigenvalue weighted by Crippen LogP contribution is -2.23. The van der Waals surface area contributed by atoms with Crippen LogP contribution in [-0.4, -0.2) is 22.5 Å². The Morgan fingerprint density at radius 1 is 1.17 bits per heavy atom. The van der Waals surface area contributed by atoms with Crippen LogP contribution < -0.4 is 5.62 Å². The first-order chi connectivity index (χ1) is 8.85. The van der Waals surface area contributed by atoms with Crippen LogP contribution in [0, 0.1) is 0 Å². The summed E-state index contributed by atoms with van der Waals surface area (Å²) in [7, 11) is 1.79. The molecule has 0 unspecified atom stereocenters. The van der Waals surface area contributed by atoms with Gasteiger partial charge >= 0.3 is 0 Å². The van der Waals surface area contributed by atoms with Crippen molar-refractivity contribution in [2.45, 2.75) is 19.9 Å². The van der Waals surface area contributed by atoms with Crippen LogP contribution in [0.15, 0.2) is 52.8 Å². The zero-order chi connectivity index (χ0) is 12.8. The Bertz CT molecular complexity index is 575. The normalized spacial score (nSPS) is 12.4. The van der Waals surface area contributed by atoms with Crippen LogP contribution in [0.5, 0.6) is 0 Å². The van der Waals surface area contributed by atoms with E-state index >= 15 is 0 Å². The van der Waals surface area contributed by atoms with Gasteiger partial charge in [0, 0.05) is 26.0 Å². The second-order valence-corrected chi connectivity index (χ2v) is 4.01. The van der Waals surface area contributed by atoms with Gasteiger partial charge in [-0.2, -0.15) is 5.10 Å². The van der Waals surface area contributed by atoms with Crippen LogP contribution >= 0.6 is 0 Å². The fourth-order valence-electron chi connectivity index (χ4n) is 1.81. The van der Waals surface area contributed by atoms with Crippen molar-refractivity contribution >= 4 is 6.21 Å². The highest BCUT2D eigenvalue weighted by Gasteiger charge is 1.97. The molecule has 0 amide bonds. The fourth-order valence-corrected chi connectivity index (χ4v) is 1.81. The van der Waals surface area contributed by atoms with E-state index in [1.165, 1.54) is 0 Å². The summed E-state index contributed by atoms with van der Waals surface area (Å²) in [6, 6.07) is 10.0. The molecule has 0 N–H and O–H groups in total. The molecule has 4 nitrogen and oxygen atoms in total. The maximum Gasteiger partial charge on any atom is 0.225 e. The number of hydrogen-bond acceptors (Lipinski definition) is 2. The summed E-state index contributed by atoms with van der Waals surface area (Å²) in [6.45, 7) is 3.11. The van der Waals surface area contributed by atoms with Crippen LogP contribution in [-0.2, 0) is 6.54 Å². The summed E-state index contributed by atoms with van der Waals surface area (Å²) in [5, 5.41) is 4.43. The van der Waals surface area contributed by atoms with Gasteiger partial charge < -0.3 is 4.57 Å². The topological polar surface area (TPSA) is 34.6 Å². The molecule has 18 heavy (non-hydrogen) atoms. The van der Waals surface area contributed by atoms with Gasteiger partial charge in [0.05, 0.1) is 6.21 Å². The van der Waals surface area contributed by atoms with Crippen molar-refractivity contribution in [2.75, 3.05) is 7.05 Å². The molecular formula is C14H18N4. The number of aryl methyl sites for hydroxylation is 1. The number of benzene rings is 1. The molecule has 0 saturated carbocycles. The number of aromatic nitrogens is 2. The Hall–Kier alpha value is -2.10. The number of imidazole rings is 1. The molecule has 94 valence electrons. The molecule has 0 aliphatic carbocycles. The Kier molecular flexibility index (Phi) is 4.12. The fraction of sp³-hybridized carbons (Fsp3) is 0.286. The van der Waals surface area contributed by atoms with Crippen molar-refractivity contribution in [3.05, 3.63) is 53.9 Å². The molecular weight excluding hydrogens is 224 g/mol. The van der Waals surface area contributed by atoms with E-state index in [0.29, 0.717) is 0 Å². The maximum absolute atomic E-state index is 4.43. The largest absolute Gasteiger partial charge is 0.316 e. The zero-order valence-electron chi connectivity index (χ0n) is 10.8. The van der Waals surface area contributed by atoms with Gasteiger partial charge in [0.1, 0.15) is 0 Å². The summed E-state index contributed by atoms with van der Waals surface area (Å²) in [5.74, 6) is 0. The van der Waals surface area contributed by atoms with Gasteiger partial charge in [-0.1, -0.05) is 37.3 Å². The standard InChI is InChI=1S/C14H18N4/c1-3-9-17-10-11-18(14(17)15-2)16-12-13-7-5-4-6-8-13/h4-8,10-12H,3,9H2,1-2H3. The molecule has 1 aromatic heterocycles. The van der Waals surface area contributed by atoms with Gasteiger partial charge in [-0.3, -0.25) is 4.99 Å². The first-order valence-corrected chi connectivity index (χ1v) is 6.15. The summed E-state index contributed by atoms with van der Waals surface area (Å²) in [6.07, 6.45) is 6.86. The highest BCUT2D eigenvalue weighted by Crippen LogP contribution is 1.95. The quantitative estimate of drug-likeness (QED) is 0.736. The third-order valence-corrected chi connectivity index (χ3v) is 2.64. The van der Waals surface area contributed by atoms with Gasteiger partial charge in [-0.15, -0.1) is 0 Å². The van der Waals surface area contributed by atoms with Crippen molar-refractivity contribution in [1.82, 2.24) is 9.24 Å². The second-order valence-electron chi connectivity index (χ2n) is 4.01. The molecule has 0 aliphatic rings. The molecule has 0 saturated heterocycles. The molecule has 0 aliphatic heterocycles. The first kappa shape index (κ1) is 12.4. The van der Waals surface area contributed by atoms with Gasteiger partial charge in [0.25, 0.3) is 0 Å². The third kappa shape index (κ3) is 2.77. The van der Waals surface area contributed by atoms with E-state index in [1.54, 1.807) is 11.7 Å². The Morgan fingerprint density at radius 3 is 2.61 bits per heavy atom. The molecule has 0 radical (unpaired) electrons. The van der Waals surface area contributed by atoms with Crippen LogP contribution in [0.2, 0.25) is 0 Å². The van der Waals surface area contributed by atoms with Crippen LogP contribution in [0.3, 0.4) is 0 Å². The summed E-state index contributed by atoms with van der Waals surface area (Å²) >= 11 is 0. The van der Waals surface area contributed by atoms with Crippen molar-refractivity contribution in [2.24, 2.45) is 10.1 Å². The molecule has 4 heteroatoms. The predicted molar refractivity (Wildman–Crippen MR) is 73.6 cm³/mol. The van der Waals surface area contributed by atoms with Crippen LogP contribution in [0.25, 0.3) is 0 Å². The lowest BCUT2D eigenvalue weighted by atomic mass is 10.2. The van der Waals surface area contributed by atoms with Gasteiger partial charge in [0.2, 0.25) is 5.62 Å². The van der Waals surface area contributed by atoms with Gasteiger partial charge in [0.15, 0.2) is 0 Å². The molecule has 0 fully saturated rings. The molecule has 2 rings (SSSR count). The summed E-state index contributed by atoms with van der Waals surface area (Å²) in [4.78, 5) is 4.27. The van der Waals surface area contributed by atoms with E-state index in [0.717, 1.165) is 24.1 Å². The highest BCUT2D eigenvalue weighted by atomic mass is 15.4. The minimum atomic E-state index is 0.865. The zero-order valence-corrected chi connectivity index (χ0v) is 10.8. The van der Waals surface area contributed by atoms with E-state index in [-0.39, 0.29) is 0 Å². The molecule has 2 aromatic rings. The van der Waals surface area contributed by atoms with E-state index < -0.39 is 0 Å². The summed E-state index contributed by atoms with van der Waals surface area (Å²) < 4.78 is 3.89. The van der Waals surface area contributed by atoms with Crippen molar-refractivity contribution in [3.8, 4) is 0 Å². The number of nitrogens with zero attached hydrogens (tertiary/aromatic N) is 4. The molecule has 1 heterocycles. The van der Waals surface area contributed by atoms with E-state index in [1.807, 2.05) is 48.9 Å². The lowest BCUT2D eigenvalue weighted by molar-refractivity contribution is 0.617. The molecule has 0 bridgehead atoms. The van der Waals surface area contributed by atoms with Crippen molar-refractivity contribution < 1.29 is 0 Å². The van der Waals surface area contributed by atoms with Crippen LogP contribution in [0.1, 0.15) is 18.9 Å². The van der Waals surface area contributed by atoms with Crippen LogP contribution in [0.4, 0.5) is 0 Å². The van der Waals surface area contributed by atoms with Crippen molar-refractivity contribution in [3.63, 3.8) is 0 Å². The number of hydrogen-bond donors (Lipinski definition) is 0. The van der Waals surface area contributed by atoms with Crippen molar-refractivity contribution in [1.29, 1.82) is 0 Å². The van der Waals surface area contributed by atoms with Gasteiger partial charge in [-0.25, -0.2) is 4.68 Å². The Balaban J connectivity index is 2.28.